The summed E-state index contributed by atoms with van der Waals surface area (Å²) in [5.74, 6) is -1.20. The van der Waals surface area contributed by atoms with Gasteiger partial charge in [-0.1, -0.05) is 36.9 Å². The van der Waals surface area contributed by atoms with Crippen molar-refractivity contribution in [3.63, 3.8) is 0 Å². The van der Waals surface area contributed by atoms with E-state index in [-0.39, 0.29) is 41.4 Å². The largest absolute Gasteiger partial charge is 0.506 e. The van der Waals surface area contributed by atoms with Gasteiger partial charge in [-0.3, -0.25) is 10.1 Å². The Hall–Kier alpha value is -4.27. The molecule has 0 radical (unpaired) electrons. The Labute approximate surface area is 170 Å². The number of carbonyl (C=O) groups excluding carboxylic acids is 1. The van der Waals surface area contributed by atoms with E-state index >= 15 is 0 Å². The van der Waals surface area contributed by atoms with E-state index in [2.05, 4.69) is 16.8 Å². The second-order valence-electron chi connectivity index (χ2n) is 6.20. The van der Waals surface area contributed by atoms with Gasteiger partial charge in [0.25, 0.3) is 5.69 Å². The number of phenols is 2. The minimum atomic E-state index is -0.651. The molecule has 0 aliphatic rings. The number of phenolic OH excluding ortho intramolecular Hbond substituents is 2. The van der Waals surface area contributed by atoms with Crippen molar-refractivity contribution in [2.24, 2.45) is 10.2 Å². The van der Waals surface area contributed by atoms with Crippen molar-refractivity contribution in [3.05, 3.63) is 76.9 Å². The Kier molecular flexibility index (Phi) is 6.02. The zero-order chi connectivity index (χ0) is 21.7. The van der Waals surface area contributed by atoms with Crippen LogP contribution in [0.2, 0.25) is 0 Å². The van der Waals surface area contributed by atoms with E-state index in [1.165, 1.54) is 12.1 Å². The lowest BCUT2D eigenvalue weighted by Crippen LogP contribution is -2.06. The molecule has 3 rings (SSSR count). The molecule has 2 N–H and O–H groups in total. The summed E-state index contributed by atoms with van der Waals surface area (Å²) in [4.78, 5) is 21.8. The van der Waals surface area contributed by atoms with E-state index in [0.29, 0.717) is 5.39 Å². The Morgan fingerprint density at radius 2 is 1.90 bits per heavy atom. The third-order valence-corrected chi connectivity index (χ3v) is 4.29. The number of ether oxygens (including phenoxy) is 1. The highest BCUT2D eigenvalue weighted by Gasteiger charge is 2.18. The van der Waals surface area contributed by atoms with Gasteiger partial charge in [0.05, 0.1) is 17.6 Å². The van der Waals surface area contributed by atoms with Crippen molar-refractivity contribution >= 4 is 33.8 Å². The van der Waals surface area contributed by atoms with Gasteiger partial charge in [0.2, 0.25) is 0 Å². The molecule has 0 aliphatic heterocycles. The number of nitro benzene ring substituents is 1. The molecule has 3 aromatic carbocycles. The lowest BCUT2D eigenvalue weighted by molar-refractivity contribution is -0.385. The van der Waals surface area contributed by atoms with Crippen molar-refractivity contribution < 1.29 is 24.7 Å². The number of nitro groups is 1. The predicted octanol–water partition coefficient (Wildman–Crippen LogP) is 4.85. The van der Waals surface area contributed by atoms with Gasteiger partial charge in [-0.25, -0.2) is 4.79 Å². The second kappa shape index (κ2) is 8.82. The number of nitrogens with zero attached hydrogens (tertiary/aromatic N) is 3. The Bertz CT molecular complexity index is 1170. The van der Waals surface area contributed by atoms with Crippen LogP contribution in [0, 0.1) is 10.1 Å². The van der Waals surface area contributed by atoms with Crippen LogP contribution < -0.4 is 0 Å². The fourth-order valence-corrected chi connectivity index (χ4v) is 2.83. The molecule has 0 spiro atoms. The first kappa shape index (κ1) is 20.5. The van der Waals surface area contributed by atoms with Crippen LogP contribution in [0.3, 0.4) is 0 Å². The molecular weight excluding hydrogens is 390 g/mol. The molecule has 0 aliphatic carbocycles. The van der Waals surface area contributed by atoms with Crippen molar-refractivity contribution in [3.8, 4) is 11.5 Å². The Morgan fingerprint density at radius 1 is 1.13 bits per heavy atom. The summed E-state index contributed by atoms with van der Waals surface area (Å²) in [7, 11) is 0. The second-order valence-corrected chi connectivity index (χ2v) is 6.20. The molecule has 0 aromatic heterocycles. The quantitative estimate of drug-likeness (QED) is 0.189. The molecule has 3 aromatic rings. The third-order valence-electron chi connectivity index (χ3n) is 4.29. The SMILES string of the molecule is C=CC(=O)OCCc1cc(/N=N/c2c(O)ccc3ccccc23)c(O)cc1[N+](=O)[O-]. The van der Waals surface area contributed by atoms with Gasteiger partial charge in [-0.15, -0.1) is 10.2 Å². The molecule has 0 fully saturated rings. The smallest absolute Gasteiger partial charge is 0.330 e. The van der Waals surface area contributed by atoms with Crippen molar-refractivity contribution in [1.29, 1.82) is 0 Å². The number of hydrogen-bond donors (Lipinski definition) is 2. The summed E-state index contributed by atoms with van der Waals surface area (Å²) in [5.41, 5.74) is 0.0326. The van der Waals surface area contributed by atoms with Crippen LogP contribution in [0.15, 0.2) is 71.4 Å². The number of carbonyl (C=O) groups is 1. The fraction of sp³-hybridized carbons (Fsp3) is 0.0952. The number of rotatable bonds is 7. The molecule has 0 amide bonds. The number of esters is 1. The van der Waals surface area contributed by atoms with Crippen LogP contribution >= 0.6 is 0 Å². The first-order chi connectivity index (χ1) is 14.4. The fourth-order valence-electron chi connectivity index (χ4n) is 2.83. The summed E-state index contributed by atoms with van der Waals surface area (Å²) in [6, 6.07) is 12.7. The van der Waals surface area contributed by atoms with Gasteiger partial charge in [0, 0.05) is 23.4 Å². The lowest BCUT2D eigenvalue weighted by Gasteiger charge is -2.07. The summed E-state index contributed by atoms with van der Waals surface area (Å²) in [6.07, 6.45) is 1.01. The van der Waals surface area contributed by atoms with E-state index in [4.69, 9.17) is 4.74 Å². The predicted molar refractivity (Wildman–Crippen MR) is 109 cm³/mol. The van der Waals surface area contributed by atoms with Gasteiger partial charge in [-0.05, 0) is 17.5 Å². The molecular formula is C21H17N3O6. The molecule has 9 heteroatoms. The molecule has 0 atom stereocenters. The highest BCUT2D eigenvalue weighted by molar-refractivity contribution is 5.95. The number of azo groups is 1. The van der Waals surface area contributed by atoms with E-state index in [0.717, 1.165) is 17.5 Å². The van der Waals surface area contributed by atoms with Crippen LogP contribution in [0.1, 0.15) is 5.56 Å². The van der Waals surface area contributed by atoms with Gasteiger partial charge in [0.15, 0.2) is 0 Å². The van der Waals surface area contributed by atoms with E-state index < -0.39 is 16.6 Å². The normalized spacial score (nSPS) is 10.9. The first-order valence-corrected chi connectivity index (χ1v) is 8.82. The van der Waals surface area contributed by atoms with Gasteiger partial charge < -0.3 is 14.9 Å². The van der Waals surface area contributed by atoms with E-state index in [9.17, 15) is 25.1 Å². The van der Waals surface area contributed by atoms with Gasteiger partial charge >= 0.3 is 5.97 Å². The molecule has 9 nitrogen and oxygen atoms in total. The van der Waals surface area contributed by atoms with Crippen LogP contribution in [0.4, 0.5) is 17.1 Å². The summed E-state index contributed by atoms with van der Waals surface area (Å²) < 4.78 is 4.86. The molecule has 0 heterocycles. The number of fused-ring (bicyclic) bond motifs is 1. The standard InChI is InChI=1S/C21H17N3O6/c1-2-20(27)30-10-9-14-11-16(19(26)12-17(14)24(28)29)22-23-21-15-6-4-3-5-13(15)7-8-18(21)25/h2-8,11-12,25-26H,1,9-10H2/b23-22+. The van der Waals surface area contributed by atoms with E-state index in [1.54, 1.807) is 18.2 Å². The maximum absolute atomic E-state index is 11.3. The molecule has 152 valence electrons. The molecule has 0 saturated carbocycles. The average molecular weight is 407 g/mol. The zero-order valence-corrected chi connectivity index (χ0v) is 15.7. The highest BCUT2D eigenvalue weighted by atomic mass is 16.6. The van der Waals surface area contributed by atoms with Gasteiger partial charge in [-0.2, -0.15) is 0 Å². The summed E-state index contributed by atoms with van der Waals surface area (Å²) in [6.45, 7) is 3.16. The minimum absolute atomic E-state index is 0.0260. The van der Waals surface area contributed by atoms with Crippen molar-refractivity contribution in [1.82, 2.24) is 0 Å². The lowest BCUT2D eigenvalue weighted by atomic mass is 10.1. The summed E-state index contributed by atoms with van der Waals surface area (Å²) in [5, 5.41) is 41.1. The summed E-state index contributed by atoms with van der Waals surface area (Å²) >= 11 is 0. The molecule has 0 bridgehead atoms. The third kappa shape index (κ3) is 4.41. The van der Waals surface area contributed by atoms with E-state index in [1.807, 2.05) is 12.1 Å². The topological polar surface area (TPSA) is 135 Å². The van der Waals surface area contributed by atoms with Crippen LogP contribution in [-0.4, -0.2) is 27.7 Å². The number of aromatic hydroxyl groups is 2. The maximum atomic E-state index is 11.3. The highest BCUT2D eigenvalue weighted by Crippen LogP contribution is 2.39. The Morgan fingerprint density at radius 3 is 2.63 bits per heavy atom. The van der Waals surface area contributed by atoms with Crippen LogP contribution in [0.25, 0.3) is 10.8 Å². The molecule has 0 unspecified atom stereocenters. The maximum Gasteiger partial charge on any atom is 0.330 e. The van der Waals surface area contributed by atoms with Crippen LogP contribution in [0.5, 0.6) is 11.5 Å². The first-order valence-electron chi connectivity index (χ1n) is 8.82. The number of benzene rings is 3. The van der Waals surface area contributed by atoms with Crippen LogP contribution in [-0.2, 0) is 16.0 Å². The number of hydrogen-bond acceptors (Lipinski definition) is 8. The van der Waals surface area contributed by atoms with Gasteiger partial charge in [0.1, 0.15) is 22.9 Å². The molecule has 0 saturated heterocycles. The van der Waals surface area contributed by atoms with Crippen molar-refractivity contribution in [2.75, 3.05) is 6.61 Å². The monoisotopic (exact) mass is 407 g/mol. The Balaban J connectivity index is 1.97. The minimum Gasteiger partial charge on any atom is -0.506 e. The average Bonchev–Trinajstić information content (AvgIpc) is 2.74. The van der Waals surface area contributed by atoms with Crippen molar-refractivity contribution in [2.45, 2.75) is 6.42 Å². The molecule has 30 heavy (non-hydrogen) atoms. The zero-order valence-electron chi connectivity index (χ0n) is 15.7.